The Morgan fingerprint density at radius 2 is 1.88 bits per heavy atom. The molecule has 2 aliphatic carbocycles. The fourth-order valence-electron chi connectivity index (χ4n) is 3.42. The Hall–Kier alpha value is -0.570. The van der Waals surface area contributed by atoms with Crippen LogP contribution >= 0.6 is 0 Å². The first kappa shape index (κ1) is 10.6. The van der Waals surface area contributed by atoms with Crippen LogP contribution in [0.5, 0.6) is 0 Å². The monoisotopic (exact) mass is 222 g/mol. The van der Waals surface area contributed by atoms with E-state index in [4.69, 9.17) is 0 Å². The van der Waals surface area contributed by atoms with Crippen molar-refractivity contribution in [2.24, 2.45) is 11.8 Å². The summed E-state index contributed by atoms with van der Waals surface area (Å²) in [6.45, 7) is 1.60. The van der Waals surface area contributed by atoms with Crippen molar-refractivity contribution in [1.29, 1.82) is 0 Å². The van der Waals surface area contributed by atoms with Crippen molar-refractivity contribution in [2.45, 2.75) is 51.1 Å². The van der Waals surface area contributed by atoms with Gasteiger partial charge in [0.25, 0.3) is 0 Å². The summed E-state index contributed by atoms with van der Waals surface area (Å²) in [6, 6.07) is 0. The summed E-state index contributed by atoms with van der Waals surface area (Å²) in [4.78, 5) is 14.0. The highest BCUT2D eigenvalue weighted by Gasteiger charge is 2.38. The number of hydrogen-bond acceptors (Lipinski definition) is 2. The highest BCUT2D eigenvalue weighted by molar-refractivity contribution is 5.80. The lowest BCUT2D eigenvalue weighted by Gasteiger charge is -2.35. The summed E-state index contributed by atoms with van der Waals surface area (Å²) < 4.78 is 0. The van der Waals surface area contributed by atoms with Crippen molar-refractivity contribution in [3.8, 4) is 0 Å². The molecule has 3 heteroatoms. The number of amides is 1. The number of rotatable bonds is 3. The number of carbonyl (C=O) groups is 1. The first-order chi connectivity index (χ1) is 7.84. The van der Waals surface area contributed by atoms with Crippen molar-refractivity contribution in [1.82, 2.24) is 10.2 Å². The van der Waals surface area contributed by atoms with Crippen molar-refractivity contribution >= 4 is 5.91 Å². The number of carbonyl (C=O) groups excluding carboxylic acids is 1. The Balaban J connectivity index is 1.63. The molecule has 0 aromatic rings. The zero-order chi connectivity index (χ0) is 11.0. The predicted octanol–water partition coefficient (Wildman–Crippen LogP) is 1.73. The highest BCUT2D eigenvalue weighted by Crippen LogP contribution is 2.33. The molecule has 0 bridgehead atoms. The Bertz CT molecular complexity index is 269. The number of nitrogens with one attached hydrogen (secondary N) is 1. The van der Waals surface area contributed by atoms with Gasteiger partial charge >= 0.3 is 0 Å². The van der Waals surface area contributed by atoms with Crippen LogP contribution in [-0.2, 0) is 4.79 Å². The van der Waals surface area contributed by atoms with Gasteiger partial charge in [-0.05, 0) is 37.5 Å². The third-order valence-electron chi connectivity index (χ3n) is 4.64. The van der Waals surface area contributed by atoms with E-state index >= 15 is 0 Å². The molecule has 3 nitrogen and oxygen atoms in total. The maximum Gasteiger partial charge on any atom is 0.237 e. The SMILES string of the molecule is O=C1CNC(C2CCCC2)N1CC1CCC1. The lowest BCUT2D eigenvalue weighted by molar-refractivity contribution is -0.129. The molecule has 3 aliphatic rings. The summed E-state index contributed by atoms with van der Waals surface area (Å²) in [6.07, 6.45) is 9.74. The van der Waals surface area contributed by atoms with E-state index in [1.54, 1.807) is 0 Å². The van der Waals surface area contributed by atoms with E-state index < -0.39 is 0 Å². The van der Waals surface area contributed by atoms with Gasteiger partial charge in [-0.25, -0.2) is 0 Å². The summed E-state index contributed by atoms with van der Waals surface area (Å²) in [5, 5.41) is 3.43. The Labute approximate surface area is 97.6 Å². The van der Waals surface area contributed by atoms with E-state index in [0.717, 1.165) is 18.4 Å². The smallest absolute Gasteiger partial charge is 0.237 e. The molecular formula is C13H22N2O. The van der Waals surface area contributed by atoms with Gasteiger partial charge < -0.3 is 4.90 Å². The zero-order valence-electron chi connectivity index (χ0n) is 9.95. The topological polar surface area (TPSA) is 32.3 Å². The summed E-state index contributed by atoms with van der Waals surface area (Å²) in [5.41, 5.74) is 0. The molecule has 0 radical (unpaired) electrons. The Morgan fingerprint density at radius 1 is 1.12 bits per heavy atom. The van der Waals surface area contributed by atoms with Crippen molar-refractivity contribution in [3.05, 3.63) is 0 Å². The molecule has 1 unspecified atom stereocenters. The second kappa shape index (κ2) is 4.36. The molecule has 1 heterocycles. The molecule has 16 heavy (non-hydrogen) atoms. The molecule has 0 aromatic carbocycles. The van der Waals surface area contributed by atoms with Crippen LogP contribution in [0.15, 0.2) is 0 Å². The number of nitrogens with zero attached hydrogens (tertiary/aromatic N) is 1. The Morgan fingerprint density at radius 3 is 2.50 bits per heavy atom. The molecule has 1 amide bonds. The van der Waals surface area contributed by atoms with Gasteiger partial charge in [0.1, 0.15) is 0 Å². The summed E-state index contributed by atoms with van der Waals surface area (Å²) in [5.74, 6) is 1.86. The Kier molecular flexibility index (Phi) is 2.88. The van der Waals surface area contributed by atoms with Gasteiger partial charge in [0.2, 0.25) is 5.91 Å². The second-order valence-electron chi connectivity index (χ2n) is 5.71. The van der Waals surface area contributed by atoms with Crippen LogP contribution in [0.2, 0.25) is 0 Å². The van der Waals surface area contributed by atoms with Gasteiger partial charge in [0.05, 0.1) is 12.7 Å². The van der Waals surface area contributed by atoms with Crippen molar-refractivity contribution < 1.29 is 4.79 Å². The number of hydrogen-bond donors (Lipinski definition) is 1. The maximum absolute atomic E-state index is 11.9. The van der Waals surface area contributed by atoms with Crippen LogP contribution in [0.4, 0.5) is 0 Å². The van der Waals surface area contributed by atoms with Gasteiger partial charge in [-0.15, -0.1) is 0 Å². The fraction of sp³-hybridized carbons (Fsp3) is 0.923. The molecule has 90 valence electrons. The largest absolute Gasteiger partial charge is 0.325 e. The van der Waals surface area contributed by atoms with Gasteiger partial charge in [-0.1, -0.05) is 19.3 Å². The molecule has 3 fully saturated rings. The van der Waals surface area contributed by atoms with Gasteiger partial charge in [-0.2, -0.15) is 0 Å². The lowest BCUT2D eigenvalue weighted by atomic mass is 9.85. The molecule has 0 spiro atoms. The fourth-order valence-corrected chi connectivity index (χ4v) is 3.42. The molecule has 1 aliphatic heterocycles. The van der Waals surface area contributed by atoms with E-state index in [2.05, 4.69) is 10.2 Å². The molecule has 0 aromatic heterocycles. The lowest BCUT2D eigenvalue weighted by Crippen LogP contribution is -2.45. The van der Waals surface area contributed by atoms with Crippen LogP contribution in [-0.4, -0.2) is 30.1 Å². The summed E-state index contributed by atoms with van der Waals surface area (Å²) in [7, 11) is 0. The van der Waals surface area contributed by atoms with Gasteiger partial charge in [-0.3, -0.25) is 10.1 Å². The van der Waals surface area contributed by atoms with Crippen LogP contribution in [0.1, 0.15) is 44.9 Å². The maximum atomic E-state index is 11.9. The highest BCUT2D eigenvalue weighted by atomic mass is 16.2. The van der Waals surface area contributed by atoms with E-state index in [0.29, 0.717) is 18.6 Å². The van der Waals surface area contributed by atoms with E-state index in [-0.39, 0.29) is 0 Å². The van der Waals surface area contributed by atoms with Crippen LogP contribution in [0.3, 0.4) is 0 Å². The van der Waals surface area contributed by atoms with E-state index in [1.165, 1.54) is 44.9 Å². The molecular weight excluding hydrogens is 200 g/mol. The van der Waals surface area contributed by atoms with Crippen LogP contribution in [0.25, 0.3) is 0 Å². The van der Waals surface area contributed by atoms with Crippen molar-refractivity contribution in [3.63, 3.8) is 0 Å². The van der Waals surface area contributed by atoms with Crippen LogP contribution in [0, 0.1) is 11.8 Å². The summed E-state index contributed by atoms with van der Waals surface area (Å²) >= 11 is 0. The minimum Gasteiger partial charge on any atom is -0.325 e. The first-order valence-corrected chi connectivity index (χ1v) is 6.87. The van der Waals surface area contributed by atoms with Crippen LogP contribution < -0.4 is 5.32 Å². The first-order valence-electron chi connectivity index (χ1n) is 6.87. The second-order valence-corrected chi connectivity index (χ2v) is 5.71. The van der Waals surface area contributed by atoms with E-state index in [9.17, 15) is 4.79 Å². The predicted molar refractivity (Wildman–Crippen MR) is 62.8 cm³/mol. The normalized spacial score (nSPS) is 32.4. The quantitative estimate of drug-likeness (QED) is 0.789. The van der Waals surface area contributed by atoms with Gasteiger partial charge in [0, 0.05) is 6.54 Å². The standard InChI is InChI=1S/C13H22N2O/c16-12-8-14-13(11-6-1-2-7-11)15(12)9-10-4-3-5-10/h10-11,13-14H,1-9H2. The van der Waals surface area contributed by atoms with E-state index in [1.807, 2.05) is 0 Å². The molecule has 1 N–H and O–H groups in total. The zero-order valence-corrected chi connectivity index (χ0v) is 9.95. The minimum atomic E-state index is 0.337. The van der Waals surface area contributed by atoms with Crippen molar-refractivity contribution in [2.75, 3.05) is 13.1 Å². The molecule has 2 saturated carbocycles. The molecule has 1 atom stereocenters. The third-order valence-corrected chi connectivity index (χ3v) is 4.64. The van der Waals surface area contributed by atoms with Gasteiger partial charge in [0.15, 0.2) is 0 Å². The minimum absolute atomic E-state index is 0.337. The molecule has 1 saturated heterocycles. The third kappa shape index (κ3) is 1.86. The average Bonchev–Trinajstić information content (AvgIpc) is 2.81. The molecule has 3 rings (SSSR count). The average molecular weight is 222 g/mol.